The number of nitrogens with two attached hydrogens (primary N) is 1. The number of amides is 1. The average Bonchev–Trinajstić information content (AvgIpc) is 2.99. The first-order valence-corrected chi connectivity index (χ1v) is 8.37. The number of nitrogens with zero attached hydrogens (tertiary/aromatic N) is 2. The lowest BCUT2D eigenvalue weighted by Gasteiger charge is -2.20. The Hall–Kier alpha value is -1.27. The summed E-state index contributed by atoms with van der Waals surface area (Å²) in [5.41, 5.74) is 6.66. The summed E-state index contributed by atoms with van der Waals surface area (Å²) in [6, 6.07) is 3.26. The first kappa shape index (κ1) is 15.1. The van der Waals surface area contributed by atoms with Crippen LogP contribution in [0.1, 0.15) is 19.3 Å². The van der Waals surface area contributed by atoms with E-state index in [-0.39, 0.29) is 5.91 Å². The van der Waals surface area contributed by atoms with Gasteiger partial charge in [0.1, 0.15) is 0 Å². The minimum absolute atomic E-state index is 0.132. The average molecular weight is 294 g/mol. The molecule has 1 aromatic rings. The van der Waals surface area contributed by atoms with Gasteiger partial charge in [-0.1, -0.05) is 0 Å². The van der Waals surface area contributed by atoms with Crippen LogP contribution in [0.4, 0.5) is 11.5 Å². The van der Waals surface area contributed by atoms with Gasteiger partial charge in [0.25, 0.3) is 0 Å². The second-order valence-corrected chi connectivity index (χ2v) is 5.93. The number of nitrogens with one attached hydrogen (secondary N) is 1. The molecule has 0 spiro atoms. The number of carbonyl (C=O) groups excluding carboxylic acids is 1. The van der Waals surface area contributed by atoms with Crippen LogP contribution in [0.2, 0.25) is 0 Å². The normalized spacial score (nSPS) is 16.2. The summed E-state index contributed by atoms with van der Waals surface area (Å²) in [7, 11) is 0. The zero-order valence-corrected chi connectivity index (χ0v) is 12.7. The third-order valence-corrected chi connectivity index (χ3v) is 4.06. The zero-order valence-electron chi connectivity index (χ0n) is 11.8. The Morgan fingerprint density at radius 3 is 3.00 bits per heavy atom. The number of carbonyl (C=O) groups is 1. The Morgan fingerprint density at radius 2 is 2.30 bits per heavy atom. The fourth-order valence-corrected chi connectivity index (χ4v) is 2.77. The van der Waals surface area contributed by atoms with Crippen molar-refractivity contribution in [2.24, 2.45) is 5.73 Å². The summed E-state index contributed by atoms with van der Waals surface area (Å²) >= 11 is 1.70. The largest absolute Gasteiger partial charge is 0.355 e. The fourth-order valence-electron chi connectivity index (χ4n) is 2.28. The molecule has 0 bridgehead atoms. The van der Waals surface area contributed by atoms with Crippen molar-refractivity contribution in [3.8, 4) is 0 Å². The lowest BCUT2D eigenvalue weighted by atomic mass is 10.2. The summed E-state index contributed by atoms with van der Waals surface area (Å²) in [6.45, 7) is 2.00. The van der Waals surface area contributed by atoms with Crippen molar-refractivity contribution in [3.05, 3.63) is 18.3 Å². The van der Waals surface area contributed by atoms with Crippen LogP contribution < -0.4 is 16.0 Å². The van der Waals surface area contributed by atoms with Crippen molar-refractivity contribution in [3.63, 3.8) is 0 Å². The second-order valence-electron chi connectivity index (χ2n) is 4.95. The van der Waals surface area contributed by atoms with E-state index in [2.05, 4.69) is 15.2 Å². The van der Waals surface area contributed by atoms with Crippen molar-refractivity contribution in [2.45, 2.75) is 25.3 Å². The molecule has 2 rings (SSSR count). The van der Waals surface area contributed by atoms with Gasteiger partial charge in [-0.25, -0.2) is 4.98 Å². The van der Waals surface area contributed by atoms with Gasteiger partial charge in [0.15, 0.2) is 5.82 Å². The minimum atomic E-state index is -0.464. The molecule has 0 unspecified atom stereocenters. The van der Waals surface area contributed by atoms with E-state index in [1.54, 1.807) is 18.0 Å². The predicted octanol–water partition coefficient (Wildman–Crippen LogP) is 1.70. The van der Waals surface area contributed by atoms with Crippen LogP contribution in [-0.4, -0.2) is 42.0 Å². The van der Waals surface area contributed by atoms with Crippen LogP contribution in [0.3, 0.4) is 0 Å². The van der Waals surface area contributed by atoms with Crippen LogP contribution in [0.25, 0.3) is 0 Å². The molecule has 1 amide bonds. The highest BCUT2D eigenvalue weighted by molar-refractivity contribution is 7.98. The summed E-state index contributed by atoms with van der Waals surface area (Å²) in [4.78, 5) is 18.7. The molecule has 0 radical (unpaired) electrons. The fraction of sp³-hybridized carbons (Fsp3) is 0.571. The van der Waals surface area contributed by atoms with E-state index in [9.17, 15) is 4.79 Å². The SMILES string of the molecule is CSCC[C@@H](N)C(=O)Nc1cccnc1N1CCCC1. The Bertz CT molecular complexity index is 449. The van der Waals surface area contributed by atoms with Crippen LogP contribution in [0.5, 0.6) is 0 Å². The van der Waals surface area contributed by atoms with Crippen LogP contribution in [0, 0.1) is 0 Å². The Labute approximate surface area is 124 Å². The van der Waals surface area contributed by atoms with Gasteiger partial charge < -0.3 is 16.0 Å². The molecular formula is C14H22N4OS. The number of rotatable bonds is 6. The maximum absolute atomic E-state index is 12.1. The Balaban J connectivity index is 2.03. The lowest BCUT2D eigenvalue weighted by Crippen LogP contribution is -2.36. The highest BCUT2D eigenvalue weighted by atomic mass is 32.2. The molecule has 110 valence electrons. The van der Waals surface area contributed by atoms with Gasteiger partial charge in [-0.05, 0) is 43.4 Å². The highest BCUT2D eigenvalue weighted by Gasteiger charge is 2.19. The molecule has 20 heavy (non-hydrogen) atoms. The summed E-state index contributed by atoms with van der Waals surface area (Å²) in [5, 5.41) is 2.92. The number of pyridine rings is 1. The highest BCUT2D eigenvalue weighted by Crippen LogP contribution is 2.26. The minimum Gasteiger partial charge on any atom is -0.355 e. The molecule has 2 heterocycles. The van der Waals surface area contributed by atoms with Crippen molar-refractivity contribution in [1.29, 1.82) is 0 Å². The summed E-state index contributed by atoms with van der Waals surface area (Å²) in [6.07, 6.45) is 6.81. The zero-order chi connectivity index (χ0) is 14.4. The number of hydrogen-bond acceptors (Lipinski definition) is 5. The standard InChI is InChI=1S/C14H22N4OS/c1-20-10-6-11(15)14(19)17-12-5-4-7-16-13(12)18-8-2-3-9-18/h4-5,7,11H,2-3,6,8-10,15H2,1H3,(H,17,19)/t11-/m1/s1. The van der Waals surface area contributed by atoms with Gasteiger partial charge in [0, 0.05) is 19.3 Å². The van der Waals surface area contributed by atoms with Gasteiger partial charge in [0.05, 0.1) is 11.7 Å². The van der Waals surface area contributed by atoms with Gasteiger partial charge in [-0.3, -0.25) is 4.79 Å². The molecule has 1 aliphatic heterocycles. The van der Waals surface area contributed by atoms with E-state index < -0.39 is 6.04 Å². The Morgan fingerprint density at radius 1 is 1.55 bits per heavy atom. The molecule has 3 N–H and O–H groups in total. The molecule has 1 aromatic heterocycles. The number of anilines is 2. The van der Waals surface area contributed by atoms with Crippen molar-refractivity contribution >= 4 is 29.2 Å². The third kappa shape index (κ3) is 3.86. The molecule has 6 heteroatoms. The Kier molecular flexibility index (Phi) is 5.67. The van der Waals surface area contributed by atoms with Crippen molar-refractivity contribution in [2.75, 3.05) is 35.3 Å². The first-order chi connectivity index (χ1) is 9.72. The van der Waals surface area contributed by atoms with Gasteiger partial charge in [-0.15, -0.1) is 0 Å². The van der Waals surface area contributed by atoms with E-state index in [1.807, 2.05) is 18.4 Å². The molecule has 0 aliphatic carbocycles. The second kappa shape index (κ2) is 7.50. The molecule has 1 atom stereocenters. The molecule has 0 saturated carbocycles. The number of thioether (sulfide) groups is 1. The number of aromatic nitrogens is 1. The molecule has 1 fully saturated rings. The van der Waals surface area contributed by atoms with Crippen LogP contribution >= 0.6 is 11.8 Å². The maximum Gasteiger partial charge on any atom is 0.241 e. The molecule has 0 aromatic carbocycles. The lowest BCUT2D eigenvalue weighted by molar-refractivity contribution is -0.117. The predicted molar refractivity (Wildman–Crippen MR) is 85.3 cm³/mol. The van der Waals surface area contributed by atoms with Crippen molar-refractivity contribution < 1.29 is 4.79 Å². The van der Waals surface area contributed by atoms with E-state index in [0.717, 1.165) is 30.3 Å². The summed E-state index contributed by atoms with van der Waals surface area (Å²) < 4.78 is 0. The van der Waals surface area contributed by atoms with E-state index in [0.29, 0.717) is 6.42 Å². The molecular weight excluding hydrogens is 272 g/mol. The first-order valence-electron chi connectivity index (χ1n) is 6.97. The monoisotopic (exact) mass is 294 g/mol. The molecule has 1 saturated heterocycles. The topological polar surface area (TPSA) is 71.2 Å². The summed E-state index contributed by atoms with van der Waals surface area (Å²) in [5.74, 6) is 1.61. The van der Waals surface area contributed by atoms with Gasteiger partial charge in [0.2, 0.25) is 5.91 Å². The van der Waals surface area contributed by atoms with Crippen LogP contribution in [0.15, 0.2) is 18.3 Å². The quantitative estimate of drug-likeness (QED) is 0.835. The van der Waals surface area contributed by atoms with Gasteiger partial charge >= 0.3 is 0 Å². The van der Waals surface area contributed by atoms with Gasteiger partial charge in [-0.2, -0.15) is 11.8 Å². The van der Waals surface area contributed by atoms with E-state index >= 15 is 0 Å². The van der Waals surface area contributed by atoms with E-state index in [1.165, 1.54) is 12.8 Å². The van der Waals surface area contributed by atoms with E-state index in [4.69, 9.17) is 5.73 Å². The van der Waals surface area contributed by atoms with Crippen LogP contribution in [-0.2, 0) is 4.79 Å². The third-order valence-electron chi connectivity index (χ3n) is 3.42. The number of hydrogen-bond donors (Lipinski definition) is 2. The molecule has 5 nitrogen and oxygen atoms in total. The maximum atomic E-state index is 12.1. The smallest absolute Gasteiger partial charge is 0.241 e. The molecule has 1 aliphatic rings. The van der Waals surface area contributed by atoms with Crippen molar-refractivity contribution in [1.82, 2.24) is 4.98 Å².